The number of amides is 2. The quantitative estimate of drug-likeness (QED) is 0.548. The third-order valence-corrected chi connectivity index (χ3v) is 4.79. The molecule has 0 bridgehead atoms. The number of aromatic nitrogens is 1. The maximum Gasteiger partial charge on any atom is 0.281 e. The summed E-state index contributed by atoms with van der Waals surface area (Å²) in [6, 6.07) is 15.4. The van der Waals surface area contributed by atoms with E-state index in [1.54, 1.807) is 6.08 Å². The van der Waals surface area contributed by atoms with Crippen LogP contribution in [0.4, 0.5) is 0 Å². The fraction of sp³-hybridized carbons (Fsp3) is 0.100. The van der Waals surface area contributed by atoms with Gasteiger partial charge in [0.25, 0.3) is 11.8 Å². The van der Waals surface area contributed by atoms with Gasteiger partial charge in [0.15, 0.2) is 0 Å². The monoisotopic (exact) mass is 365 g/mol. The lowest BCUT2D eigenvalue weighted by Crippen LogP contribution is -2.40. The number of benzene rings is 1. The number of hydrazine groups is 1. The first-order valence-electron chi connectivity index (χ1n) is 8.12. The SMILES string of the molecule is Cc1ccc(C)n1-c1ccsc1C(=O)NNC(=O)/C=C/c1ccccc1. The molecule has 0 aliphatic rings. The molecule has 0 atom stereocenters. The smallest absolute Gasteiger partial charge is 0.281 e. The van der Waals surface area contributed by atoms with Gasteiger partial charge in [0.1, 0.15) is 4.88 Å². The highest BCUT2D eigenvalue weighted by Crippen LogP contribution is 2.24. The standard InChI is InChI=1S/C20H19N3O2S/c1-14-8-9-15(2)23(14)17-12-13-26-19(17)20(25)22-21-18(24)11-10-16-6-4-3-5-7-16/h3-13H,1-2H3,(H,21,24)(H,22,25)/b11-10+. The van der Waals surface area contributed by atoms with Gasteiger partial charge in [-0.25, -0.2) is 0 Å². The van der Waals surface area contributed by atoms with Gasteiger partial charge in [0.05, 0.1) is 5.69 Å². The minimum atomic E-state index is -0.395. The van der Waals surface area contributed by atoms with Crippen LogP contribution in [0.1, 0.15) is 26.6 Å². The Morgan fingerprint density at radius 3 is 2.35 bits per heavy atom. The molecule has 2 aromatic heterocycles. The lowest BCUT2D eigenvalue weighted by atomic mass is 10.2. The fourth-order valence-corrected chi connectivity index (χ4v) is 3.42. The van der Waals surface area contributed by atoms with Crippen LogP contribution < -0.4 is 10.9 Å². The van der Waals surface area contributed by atoms with E-state index in [2.05, 4.69) is 10.9 Å². The van der Waals surface area contributed by atoms with Crippen molar-refractivity contribution in [1.29, 1.82) is 0 Å². The number of nitrogens with zero attached hydrogens (tertiary/aromatic N) is 1. The molecule has 132 valence electrons. The van der Waals surface area contributed by atoms with E-state index < -0.39 is 5.91 Å². The highest BCUT2D eigenvalue weighted by molar-refractivity contribution is 7.12. The second kappa shape index (κ2) is 7.84. The Hall–Kier alpha value is -3.12. The van der Waals surface area contributed by atoms with E-state index in [0.29, 0.717) is 4.88 Å². The molecule has 3 rings (SSSR count). The topological polar surface area (TPSA) is 63.1 Å². The molecule has 0 aliphatic heterocycles. The first-order chi connectivity index (χ1) is 12.6. The maximum absolute atomic E-state index is 12.5. The molecular formula is C20H19N3O2S. The Kier molecular flexibility index (Phi) is 5.34. The molecule has 1 aromatic carbocycles. The van der Waals surface area contributed by atoms with Crippen LogP contribution in [0.2, 0.25) is 0 Å². The Bertz CT molecular complexity index is 935. The van der Waals surface area contributed by atoms with Gasteiger partial charge in [-0.05, 0) is 49.1 Å². The van der Waals surface area contributed by atoms with Crippen LogP contribution in [0.3, 0.4) is 0 Å². The predicted molar refractivity (Wildman–Crippen MR) is 104 cm³/mol. The summed E-state index contributed by atoms with van der Waals surface area (Å²) < 4.78 is 2.02. The Balaban J connectivity index is 1.66. The van der Waals surface area contributed by atoms with Gasteiger partial charge in [0.2, 0.25) is 0 Å². The summed E-state index contributed by atoms with van der Waals surface area (Å²) in [5.74, 6) is -0.738. The van der Waals surface area contributed by atoms with Gasteiger partial charge in [0, 0.05) is 17.5 Å². The summed E-state index contributed by atoms with van der Waals surface area (Å²) in [5.41, 5.74) is 8.69. The minimum absolute atomic E-state index is 0.344. The first-order valence-corrected chi connectivity index (χ1v) is 9.00. The number of rotatable bonds is 4. The van der Waals surface area contributed by atoms with E-state index >= 15 is 0 Å². The van der Waals surface area contributed by atoms with Gasteiger partial charge in [-0.2, -0.15) is 0 Å². The highest BCUT2D eigenvalue weighted by atomic mass is 32.1. The number of aryl methyl sites for hydroxylation is 2. The molecule has 0 aliphatic carbocycles. The second-order valence-electron chi connectivity index (χ2n) is 5.77. The second-order valence-corrected chi connectivity index (χ2v) is 6.69. The number of hydrogen-bond donors (Lipinski definition) is 2. The molecule has 2 heterocycles. The van der Waals surface area contributed by atoms with Crippen molar-refractivity contribution in [2.45, 2.75) is 13.8 Å². The van der Waals surface area contributed by atoms with Gasteiger partial charge >= 0.3 is 0 Å². The van der Waals surface area contributed by atoms with Gasteiger partial charge in [-0.1, -0.05) is 30.3 Å². The molecule has 0 radical (unpaired) electrons. The third kappa shape index (κ3) is 3.92. The summed E-state index contributed by atoms with van der Waals surface area (Å²) in [7, 11) is 0. The number of carbonyl (C=O) groups excluding carboxylic acids is 2. The van der Waals surface area contributed by atoms with E-state index in [-0.39, 0.29) is 5.91 Å². The van der Waals surface area contributed by atoms with Crippen molar-refractivity contribution in [3.8, 4) is 5.69 Å². The van der Waals surface area contributed by atoms with E-state index in [1.165, 1.54) is 17.4 Å². The number of hydrogen-bond acceptors (Lipinski definition) is 3. The van der Waals surface area contributed by atoms with Crippen molar-refractivity contribution < 1.29 is 9.59 Å². The first kappa shape index (κ1) is 17.7. The lowest BCUT2D eigenvalue weighted by molar-refractivity contribution is -0.117. The third-order valence-electron chi connectivity index (χ3n) is 3.89. The van der Waals surface area contributed by atoms with Gasteiger partial charge in [-0.15, -0.1) is 11.3 Å². The lowest BCUT2D eigenvalue weighted by Gasteiger charge is -2.11. The Labute approximate surface area is 155 Å². The summed E-state index contributed by atoms with van der Waals surface area (Å²) in [6.45, 7) is 3.98. The molecule has 0 unspecified atom stereocenters. The zero-order valence-electron chi connectivity index (χ0n) is 14.5. The molecule has 2 N–H and O–H groups in total. The molecule has 3 aromatic rings. The maximum atomic E-state index is 12.5. The van der Waals surface area contributed by atoms with Crippen LogP contribution in [-0.4, -0.2) is 16.4 Å². The Morgan fingerprint density at radius 2 is 1.65 bits per heavy atom. The number of carbonyl (C=O) groups is 2. The Morgan fingerprint density at radius 1 is 0.962 bits per heavy atom. The molecule has 0 spiro atoms. The summed E-state index contributed by atoms with van der Waals surface area (Å²) in [5, 5.41) is 1.86. The molecule has 0 saturated heterocycles. The van der Waals surface area contributed by atoms with Crippen LogP contribution in [0, 0.1) is 13.8 Å². The molecular weight excluding hydrogens is 346 g/mol. The zero-order chi connectivity index (χ0) is 18.5. The normalized spacial score (nSPS) is 10.8. The molecule has 2 amide bonds. The summed E-state index contributed by atoms with van der Waals surface area (Å²) >= 11 is 1.33. The van der Waals surface area contributed by atoms with Crippen molar-refractivity contribution >= 4 is 29.2 Å². The van der Waals surface area contributed by atoms with E-state index in [0.717, 1.165) is 22.6 Å². The molecule has 5 nitrogen and oxygen atoms in total. The van der Waals surface area contributed by atoms with Crippen LogP contribution >= 0.6 is 11.3 Å². The van der Waals surface area contributed by atoms with Crippen LogP contribution in [0.25, 0.3) is 11.8 Å². The van der Waals surface area contributed by atoms with Crippen molar-refractivity contribution in [3.63, 3.8) is 0 Å². The number of nitrogens with one attached hydrogen (secondary N) is 2. The van der Waals surface area contributed by atoms with Gasteiger partial charge < -0.3 is 4.57 Å². The van der Waals surface area contributed by atoms with Gasteiger partial charge in [-0.3, -0.25) is 20.4 Å². The zero-order valence-corrected chi connectivity index (χ0v) is 15.3. The van der Waals surface area contributed by atoms with E-state index in [1.807, 2.05) is 72.3 Å². The van der Waals surface area contributed by atoms with Crippen molar-refractivity contribution in [3.05, 3.63) is 81.8 Å². The van der Waals surface area contributed by atoms with Crippen LogP contribution in [0.5, 0.6) is 0 Å². The van der Waals surface area contributed by atoms with Crippen molar-refractivity contribution in [1.82, 2.24) is 15.4 Å². The molecule has 6 heteroatoms. The van der Waals surface area contributed by atoms with Crippen LogP contribution in [0.15, 0.2) is 60.0 Å². The fourth-order valence-electron chi connectivity index (χ4n) is 2.65. The average Bonchev–Trinajstić information content (AvgIpc) is 3.25. The average molecular weight is 365 g/mol. The predicted octanol–water partition coefficient (Wildman–Crippen LogP) is 3.63. The van der Waals surface area contributed by atoms with Crippen LogP contribution in [-0.2, 0) is 4.79 Å². The number of thiophene rings is 1. The molecule has 26 heavy (non-hydrogen) atoms. The van der Waals surface area contributed by atoms with Crippen molar-refractivity contribution in [2.75, 3.05) is 0 Å². The highest BCUT2D eigenvalue weighted by Gasteiger charge is 2.17. The largest absolute Gasteiger partial charge is 0.317 e. The molecule has 0 fully saturated rings. The van der Waals surface area contributed by atoms with E-state index in [9.17, 15) is 9.59 Å². The minimum Gasteiger partial charge on any atom is -0.317 e. The van der Waals surface area contributed by atoms with E-state index in [4.69, 9.17) is 0 Å². The summed E-state index contributed by atoms with van der Waals surface area (Å²) in [4.78, 5) is 24.9. The summed E-state index contributed by atoms with van der Waals surface area (Å²) in [6.07, 6.45) is 3.07. The van der Waals surface area contributed by atoms with Crippen molar-refractivity contribution in [2.24, 2.45) is 0 Å². The molecule has 0 saturated carbocycles.